The molecule has 2 aromatic rings. The van der Waals surface area contributed by atoms with Crippen LogP contribution in [0.5, 0.6) is 11.5 Å². The molecule has 6 nitrogen and oxygen atoms in total. The second-order valence-corrected chi connectivity index (χ2v) is 4.94. The normalized spacial score (nSPS) is 9.88. The minimum atomic E-state index is -0.532. The molecular formula is C18H20N2O4. The minimum Gasteiger partial charge on any atom is -0.489 e. The number of carbonyl (C=O) groups excluding carboxylic acids is 2. The van der Waals surface area contributed by atoms with Gasteiger partial charge in [0.25, 0.3) is 5.91 Å². The Kier molecular flexibility index (Phi) is 6.64. The van der Waals surface area contributed by atoms with Crippen LogP contribution in [0.15, 0.2) is 54.6 Å². The van der Waals surface area contributed by atoms with Crippen LogP contribution >= 0.6 is 0 Å². The van der Waals surface area contributed by atoms with Crippen molar-refractivity contribution in [2.24, 2.45) is 0 Å². The molecule has 0 heterocycles. The second-order valence-electron chi connectivity index (χ2n) is 4.94. The molecule has 0 fully saturated rings. The Hall–Kier alpha value is -3.02. The van der Waals surface area contributed by atoms with E-state index in [1.165, 1.54) is 0 Å². The molecular weight excluding hydrogens is 308 g/mol. The van der Waals surface area contributed by atoms with Crippen LogP contribution in [0.1, 0.15) is 12.5 Å². The van der Waals surface area contributed by atoms with E-state index in [0.717, 1.165) is 5.56 Å². The van der Waals surface area contributed by atoms with Crippen molar-refractivity contribution in [1.82, 2.24) is 10.6 Å². The van der Waals surface area contributed by atoms with Crippen LogP contribution in [0.4, 0.5) is 4.79 Å². The smallest absolute Gasteiger partial charge is 0.321 e. The van der Waals surface area contributed by atoms with Gasteiger partial charge in [-0.2, -0.15) is 0 Å². The third-order valence-electron chi connectivity index (χ3n) is 3.03. The Balaban J connectivity index is 1.75. The fourth-order valence-corrected chi connectivity index (χ4v) is 1.89. The van der Waals surface area contributed by atoms with Gasteiger partial charge >= 0.3 is 6.03 Å². The molecule has 0 aromatic heterocycles. The molecule has 0 radical (unpaired) electrons. The molecule has 3 amide bonds. The number of nitrogens with one attached hydrogen (secondary N) is 2. The zero-order valence-electron chi connectivity index (χ0n) is 13.5. The highest BCUT2D eigenvalue weighted by atomic mass is 16.5. The molecule has 24 heavy (non-hydrogen) atoms. The number of imide groups is 1. The Labute approximate surface area is 140 Å². The van der Waals surface area contributed by atoms with Crippen LogP contribution in [-0.4, -0.2) is 25.1 Å². The van der Waals surface area contributed by atoms with Gasteiger partial charge in [0.2, 0.25) is 0 Å². The lowest BCUT2D eigenvalue weighted by Crippen LogP contribution is -2.41. The van der Waals surface area contributed by atoms with E-state index in [4.69, 9.17) is 9.47 Å². The van der Waals surface area contributed by atoms with Crippen LogP contribution in [-0.2, 0) is 11.4 Å². The summed E-state index contributed by atoms with van der Waals surface area (Å²) in [5, 5.41) is 4.63. The van der Waals surface area contributed by atoms with E-state index in [9.17, 15) is 9.59 Å². The predicted molar refractivity (Wildman–Crippen MR) is 89.9 cm³/mol. The quantitative estimate of drug-likeness (QED) is 0.819. The van der Waals surface area contributed by atoms with Crippen molar-refractivity contribution in [3.63, 3.8) is 0 Å². The molecule has 2 rings (SSSR count). The molecule has 126 valence electrons. The third-order valence-corrected chi connectivity index (χ3v) is 3.03. The van der Waals surface area contributed by atoms with Crippen LogP contribution in [0.2, 0.25) is 0 Å². The highest BCUT2D eigenvalue weighted by Crippen LogP contribution is 2.18. The van der Waals surface area contributed by atoms with Gasteiger partial charge in [-0.25, -0.2) is 4.79 Å². The Morgan fingerprint density at radius 3 is 2.17 bits per heavy atom. The number of rotatable bonds is 7. The van der Waals surface area contributed by atoms with Crippen molar-refractivity contribution in [2.75, 3.05) is 13.2 Å². The average Bonchev–Trinajstić information content (AvgIpc) is 2.60. The first-order valence-corrected chi connectivity index (χ1v) is 7.64. The van der Waals surface area contributed by atoms with Gasteiger partial charge in [-0.3, -0.25) is 10.1 Å². The van der Waals surface area contributed by atoms with E-state index < -0.39 is 11.9 Å². The largest absolute Gasteiger partial charge is 0.489 e. The zero-order chi connectivity index (χ0) is 17.2. The Morgan fingerprint density at radius 1 is 0.917 bits per heavy atom. The summed E-state index contributed by atoms with van der Waals surface area (Å²) in [6.45, 7) is 2.46. The molecule has 0 aliphatic heterocycles. The van der Waals surface area contributed by atoms with Crippen molar-refractivity contribution in [3.8, 4) is 11.5 Å². The summed E-state index contributed by atoms with van der Waals surface area (Å²) in [7, 11) is 0. The van der Waals surface area contributed by atoms with Gasteiger partial charge in [0.1, 0.15) is 18.1 Å². The SMILES string of the molecule is CCNC(=O)NC(=O)COc1ccc(OCc2ccccc2)cc1. The third kappa shape index (κ3) is 6.00. The lowest BCUT2D eigenvalue weighted by molar-refractivity contribution is -0.122. The van der Waals surface area contributed by atoms with E-state index >= 15 is 0 Å². The summed E-state index contributed by atoms with van der Waals surface area (Å²) in [6.07, 6.45) is 0. The molecule has 0 spiro atoms. The molecule has 0 bridgehead atoms. The summed E-state index contributed by atoms with van der Waals surface area (Å²) >= 11 is 0. The highest BCUT2D eigenvalue weighted by Gasteiger charge is 2.07. The van der Waals surface area contributed by atoms with Crippen LogP contribution in [0.3, 0.4) is 0 Å². The lowest BCUT2D eigenvalue weighted by atomic mass is 10.2. The van der Waals surface area contributed by atoms with Crippen molar-refractivity contribution >= 4 is 11.9 Å². The molecule has 0 aliphatic carbocycles. The number of hydrogen-bond acceptors (Lipinski definition) is 4. The standard InChI is InChI=1S/C18H20N2O4/c1-2-19-18(22)20-17(21)13-24-16-10-8-15(9-11-16)23-12-14-6-4-3-5-7-14/h3-11H,2,12-13H2,1H3,(H2,19,20,21,22). The molecule has 0 saturated carbocycles. The Bertz CT molecular complexity index is 656. The van der Waals surface area contributed by atoms with Gasteiger partial charge in [0.15, 0.2) is 6.61 Å². The van der Waals surface area contributed by atoms with Crippen LogP contribution < -0.4 is 20.1 Å². The van der Waals surface area contributed by atoms with Gasteiger partial charge < -0.3 is 14.8 Å². The zero-order valence-corrected chi connectivity index (χ0v) is 13.5. The van der Waals surface area contributed by atoms with Crippen molar-refractivity contribution < 1.29 is 19.1 Å². The van der Waals surface area contributed by atoms with E-state index in [-0.39, 0.29) is 6.61 Å². The van der Waals surface area contributed by atoms with Gasteiger partial charge in [-0.05, 0) is 36.8 Å². The number of hydrogen-bond donors (Lipinski definition) is 2. The Morgan fingerprint density at radius 2 is 1.54 bits per heavy atom. The number of ether oxygens (including phenoxy) is 2. The van der Waals surface area contributed by atoms with Gasteiger partial charge in [0.05, 0.1) is 0 Å². The first kappa shape index (κ1) is 17.3. The summed E-state index contributed by atoms with van der Waals surface area (Å²) in [5.41, 5.74) is 1.08. The number of benzene rings is 2. The maximum absolute atomic E-state index is 11.5. The predicted octanol–water partition coefficient (Wildman–Crippen LogP) is 2.49. The molecule has 0 unspecified atom stereocenters. The van der Waals surface area contributed by atoms with Gasteiger partial charge in [0, 0.05) is 6.54 Å². The molecule has 0 atom stereocenters. The summed E-state index contributed by atoms with van der Waals surface area (Å²) < 4.78 is 11.0. The van der Waals surface area contributed by atoms with Crippen LogP contribution in [0, 0.1) is 0 Å². The fourth-order valence-electron chi connectivity index (χ4n) is 1.89. The maximum atomic E-state index is 11.5. The number of urea groups is 1. The number of carbonyl (C=O) groups is 2. The first-order valence-electron chi connectivity index (χ1n) is 7.64. The topological polar surface area (TPSA) is 76.7 Å². The van der Waals surface area contributed by atoms with Crippen LogP contribution in [0.25, 0.3) is 0 Å². The minimum absolute atomic E-state index is 0.235. The van der Waals surface area contributed by atoms with E-state index in [0.29, 0.717) is 24.7 Å². The van der Waals surface area contributed by atoms with E-state index in [2.05, 4.69) is 10.6 Å². The van der Waals surface area contributed by atoms with Crippen molar-refractivity contribution in [3.05, 3.63) is 60.2 Å². The monoisotopic (exact) mass is 328 g/mol. The molecule has 2 N–H and O–H groups in total. The fraction of sp³-hybridized carbons (Fsp3) is 0.222. The van der Waals surface area contributed by atoms with Gasteiger partial charge in [-0.1, -0.05) is 30.3 Å². The summed E-state index contributed by atoms with van der Waals surface area (Å²) in [6, 6.07) is 16.3. The molecule has 0 saturated heterocycles. The average molecular weight is 328 g/mol. The van der Waals surface area contributed by atoms with E-state index in [1.54, 1.807) is 31.2 Å². The molecule has 0 aliphatic rings. The second kappa shape index (κ2) is 9.19. The highest BCUT2D eigenvalue weighted by molar-refractivity contribution is 5.94. The lowest BCUT2D eigenvalue weighted by Gasteiger charge is -2.09. The van der Waals surface area contributed by atoms with Gasteiger partial charge in [-0.15, -0.1) is 0 Å². The molecule has 6 heteroatoms. The van der Waals surface area contributed by atoms with Crippen molar-refractivity contribution in [1.29, 1.82) is 0 Å². The first-order chi connectivity index (χ1) is 11.7. The maximum Gasteiger partial charge on any atom is 0.321 e. The molecule has 2 aromatic carbocycles. The number of amides is 3. The van der Waals surface area contributed by atoms with E-state index in [1.807, 2.05) is 30.3 Å². The summed E-state index contributed by atoms with van der Waals surface area (Å²) in [4.78, 5) is 22.7. The van der Waals surface area contributed by atoms with Crippen molar-refractivity contribution in [2.45, 2.75) is 13.5 Å². The summed E-state index contributed by atoms with van der Waals surface area (Å²) in [5.74, 6) is 0.719.